The number of aryl methyl sites for hydroxylation is 1. The van der Waals surface area contributed by atoms with E-state index in [1.807, 2.05) is 31.2 Å². The van der Waals surface area contributed by atoms with Gasteiger partial charge in [-0.25, -0.2) is 0 Å². The van der Waals surface area contributed by atoms with Gasteiger partial charge in [0.25, 0.3) is 0 Å². The average molecular weight is 213 g/mol. The van der Waals surface area contributed by atoms with Gasteiger partial charge in [0.1, 0.15) is 0 Å². The summed E-state index contributed by atoms with van der Waals surface area (Å²) in [4.78, 5) is 4.19. The van der Waals surface area contributed by atoms with E-state index in [1.165, 1.54) is 11.8 Å². The van der Waals surface area contributed by atoms with Gasteiger partial charge in [0.15, 0.2) is 0 Å². The molecule has 2 rings (SSSR count). The van der Waals surface area contributed by atoms with Crippen molar-refractivity contribution in [3.8, 4) is 11.3 Å². The number of hydrogen-bond donors (Lipinski definition) is 2. The summed E-state index contributed by atoms with van der Waals surface area (Å²) in [6.45, 7) is 2.02. The van der Waals surface area contributed by atoms with Crippen molar-refractivity contribution in [2.75, 3.05) is 0 Å². The number of nitrogens with zero attached hydrogens (tertiary/aromatic N) is 1. The van der Waals surface area contributed by atoms with E-state index in [1.54, 1.807) is 12.1 Å². The fourth-order valence-corrected chi connectivity index (χ4v) is 1.53. The van der Waals surface area contributed by atoms with E-state index >= 15 is 0 Å². The van der Waals surface area contributed by atoms with Crippen molar-refractivity contribution in [2.24, 2.45) is 0 Å². The van der Waals surface area contributed by atoms with Crippen molar-refractivity contribution in [1.82, 2.24) is 4.98 Å². The first-order valence-electron chi connectivity index (χ1n) is 5.06. The van der Waals surface area contributed by atoms with Crippen LogP contribution >= 0.6 is 0 Å². The maximum absolute atomic E-state index is 8.94. The molecular formula is C12H12BNO2. The van der Waals surface area contributed by atoms with Gasteiger partial charge < -0.3 is 10.0 Å². The van der Waals surface area contributed by atoms with Gasteiger partial charge >= 0.3 is 7.12 Å². The van der Waals surface area contributed by atoms with Crippen LogP contribution in [0.15, 0.2) is 42.6 Å². The molecule has 0 amide bonds. The molecule has 0 fully saturated rings. The fourth-order valence-electron chi connectivity index (χ4n) is 1.53. The molecule has 0 saturated heterocycles. The number of benzene rings is 1. The lowest BCUT2D eigenvalue weighted by molar-refractivity contribution is 0.425. The Balaban J connectivity index is 2.35. The van der Waals surface area contributed by atoms with Gasteiger partial charge in [0.05, 0.1) is 5.69 Å². The smallest absolute Gasteiger partial charge is 0.423 e. The van der Waals surface area contributed by atoms with Crippen LogP contribution in [0, 0.1) is 6.92 Å². The highest BCUT2D eigenvalue weighted by atomic mass is 16.4. The van der Waals surface area contributed by atoms with Crippen molar-refractivity contribution in [2.45, 2.75) is 6.92 Å². The molecule has 4 heteroatoms. The van der Waals surface area contributed by atoms with Crippen LogP contribution in [0.5, 0.6) is 0 Å². The van der Waals surface area contributed by atoms with Crippen LogP contribution < -0.4 is 5.46 Å². The molecule has 1 aromatic heterocycles. The molecule has 0 aliphatic carbocycles. The first-order valence-corrected chi connectivity index (χ1v) is 5.06. The largest absolute Gasteiger partial charge is 0.490 e. The van der Waals surface area contributed by atoms with E-state index in [2.05, 4.69) is 4.98 Å². The molecular weight excluding hydrogens is 201 g/mol. The maximum Gasteiger partial charge on any atom is 0.490 e. The van der Waals surface area contributed by atoms with Gasteiger partial charge in [0.2, 0.25) is 0 Å². The van der Waals surface area contributed by atoms with Crippen molar-refractivity contribution in [3.63, 3.8) is 0 Å². The van der Waals surface area contributed by atoms with E-state index in [-0.39, 0.29) is 0 Å². The Labute approximate surface area is 94.6 Å². The van der Waals surface area contributed by atoms with Crippen molar-refractivity contribution in [1.29, 1.82) is 0 Å². The molecule has 0 unspecified atom stereocenters. The first kappa shape index (κ1) is 10.9. The first-order chi connectivity index (χ1) is 7.66. The van der Waals surface area contributed by atoms with Gasteiger partial charge in [-0.15, -0.1) is 0 Å². The number of rotatable bonds is 2. The van der Waals surface area contributed by atoms with E-state index in [9.17, 15) is 0 Å². The average Bonchev–Trinajstić information content (AvgIpc) is 2.29. The Hall–Kier alpha value is -1.65. The highest BCUT2D eigenvalue weighted by molar-refractivity contribution is 6.58. The topological polar surface area (TPSA) is 53.4 Å². The van der Waals surface area contributed by atoms with E-state index in [4.69, 9.17) is 10.0 Å². The Morgan fingerprint density at radius 3 is 2.50 bits per heavy atom. The summed E-state index contributed by atoms with van der Waals surface area (Å²) in [5.41, 5.74) is 3.43. The standard InChI is InChI=1S/C12H12BNO2/c1-9-3-2-4-10(7-9)12-6-5-11(8-14-12)13(15)16/h2-8,15-16H,1H3. The molecule has 80 valence electrons. The van der Waals surface area contributed by atoms with Crippen molar-refractivity contribution < 1.29 is 10.0 Å². The molecule has 0 aliphatic heterocycles. The van der Waals surface area contributed by atoms with Gasteiger partial charge in [-0.05, 0) is 19.1 Å². The highest BCUT2D eigenvalue weighted by Gasteiger charge is 2.10. The molecule has 0 spiro atoms. The maximum atomic E-state index is 8.94. The van der Waals surface area contributed by atoms with Crippen molar-refractivity contribution in [3.05, 3.63) is 48.2 Å². The summed E-state index contributed by atoms with van der Waals surface area (Å²) in [5, 5.41) is 17.9. The van der Waals surface area contributed by atoms with Crippen LogP contribution in [0.4, 0.5) is 0 Å². The lowest BCUT2D eigenvalue weighted by Gasteiger charge is -2.03. The summed E-state index contributed by atoms with van der Waals surface area (Å²) in [5.74, 6) is 0. The SMILES string of the molecule is Cc1cccc(-c2ccc(B(O)O)cn2)c1. The second kappa shape index (κ2) is 4.47. The Morgan fingerprint density at radius 2 is 1.94 bits per heavy atom. The van der Waals surface area contributed by atoms with E-state index in [0.717, 1.165) is 11.3 Å². The van der Waals surface area contributed by atoms with Crippen LogP contribution in [0.2, 0.25) is 0 Å². The van der Waals surface area contributed by atoms with Gasteiger partial charge in [-0.3, -0.25) is 4.98 Å². The van der Waals surface area contributed by atoms with E-state index < -0.39 is 7.12 Å². The Kier molecular flexibility index (Phi) is 3.03. The third-order valence-electron chi connectivity index (χ3n) is 2.40. The summed E-state index contributed by atoms with van der Waals surface area (Å²) < 4.78 is 0. The minimum atomic E-state index is -1.46. The molecule has 0 atom stereocenters. The van der Waals surface area contributed by atoms with Crippen LogP contribution in [-0.2, 0) is 0 Å². The van der Waals surface area contributed by atoms with Crippen molar-refractivity contribution >= 4 is 12.6 Å². The molecule has 16 heavy (non-hydrogen) atoms. The van der Waals surface area contributed by atoms with Gasteiger partial charge in [-0.2, -0.15) is 0 Å². The Bertz CT molecular complexity index is 483. The third-order valence-corrected chi connectivity index (χ3v) is 2.40. The zero-order valence-electron chi connectivity index (χ0n) is 8.96. The highest BCUT2D eigenvalue weighted by Crippen LogP contribution is 2.16. The van der Waals surface area contributed by atoms with Gasteiger partial charge in [-0.1, -0.05) is 29.8 Å². The zero-order chi connectivity index (χ0) is 11.5. The molecule has 0 saturated carbocycles. The van der Waals surface area contributed by atoms with Gasteiger partial charge in [0, 0.05) is 17.2 Å². The summed E-state index contributed by atoms with van der Waals surface area (Å²) in [6.07, 6.45) is 1.47. The summed E-state index contributed by atoms with van der Waals surface area (Å²) in [6, 6.07) is 11.5. The number of pyridine rings is 1. The monoisotopic (exact) mass is 213 g/mol. The van der Waals surface area contributed by atoms with Crippen LogP contribution in [0.1, 0.15) is 5.56 Å². The second-order valence-electron chi connectivity index (χ2n) is 3.72. The summed E-state index contributed by atoms with van der Waals surface area (Å²) >= 11 is 0. The summed E-state index contributed by atoms with van der Waals surface area (Å²) in [7, 11) is -1.46. The quantitative estimate of drug-likeness (QED) is 0.723. The minimum absolute atomic E-state index is 0.399. The molecule has 3 nitrogen and oxygen atoms in total. The second-order valence-corrected chi connectivity index (χ2v) is 3.72. The molecule has 0 aliphatic rings. The minimum Gasteiger partial charge on any atom is -0.423 e. The molecule has 0 radical (unpaired) electrons. The molecule has 0 bridgehead atoms. The Morgan fingerprint density at radius 1 is 1.12 bits per heavy atom. The fraction of sp³-hybridized carbons (Fsp3) is 0.0833. The predicted molar refractivity (Wildman–Crippen MR) is 64.2 cm³/mol. The number of hydrogen-bond acceptors (Lipinski definition) is 3. The lowest BCUT2D eigenvalue weighted by Crippen LogP contribution is -2.29. The van der Waals surface area contributed by atoms with Crippen LogP contribution in [-0.4, -0.2) is 22.2 Å². The van der Waals surface area contributed by atoms with Crippen LogP contribution in [0.25, 0.3) is 11.3 Å². The van der Waals surface area contributed by atoms with Crippen LogP contribution in [0.3, 0.4) is 0 Å². The lowest BCUT2D eigenvalue weighted by atomic mass is 9.81. The molecule has 2 N–H and O–H groups in total. The third kappa shape index (κ3) is 2.29. The molecule has 1 aromatic carbocycles. The van der Waals surface area contributed by atoms with E-state index in [0.29, 0.717) is 5.46 Å². The zero-order valence-corrected chi connectivity index (χ0v) is 8.96. The normalized spacial score (nSPS) is 10.2. The molecule has 1 heterocycles. The number of aromatic nitrogens is 1. The predicted octanol–water partition coefficient (Wildman–Crippen LogP) is 0.737. The molecule has 2 aromatic rings.